The number of nitrogens with zero attached hydrogens (tertiary/aromatic N) is 2. The zero-order chi connectivity index (χ0) is 30.8. The van der Waals surface area contributed by atoms with Gasteiger partial charge in [0.15, 0.2) is 0 Å². The van der Waals surface area contributed by atoms with E-state index in [1.54, 1.807) is 54.6 Å². The third-order valence-electron chi connectivity index (χ3n) is 7.02. The monoisotopic (exact) mass is 601 g/mol. The lowest BCUT2D eigenvalue weighted by Crippen LogP contribution is -2.53. The van der Waals surface area contributed by atoms with Gasteiger partial charge >= 0.3 is 0 Å². The van der Waals surface area contributed by atoms with E-state index in [2.05, 4.69) is 5.32 Å². The molecule has 0 aromatic heterocycles. The highest BCUT2D eigenvalue weighted by Gasteiger charge is 2.34. The molecule has 9 heteroatoms. The Hall–Kier alpha value is -4.50. The number of hydrogen-bond acceptors (Lipinski definition) is 4. The molecular formula is C34H36FN3O4S. The number of nitrogens with one attached hydrogen (secondary N) is 1. The van der Waals surface area contributed by atoms with Crippen molar-refractivity contribution >= 4 is 27.5 Å². The predicted octanol–water partition coefficient (Wildman–Crippen LogP) is 5.50. The third kappa shape index (κ3) is 8.29. The van der Waals surface area contributed by atoms with E-state index in [-0.39, 0.29) is 23.8 Å². The zero-order valence-corrected chi connectivity index (χ0v) is 25.1. The smallest absolute Gasteiger partial charge is 0.264 e. The number of benzene rings is 4. The first-order chi connectivity index (χ1) is 20.7. The van der Waals surface area contributed by atoms with E-state index in [0.29, 0.717) is 24.2 Å². The van der Waals surface area contributed by atoms with Gasteiger partial charge in [-0.3, -0.25) is 13.9 Å². The Kier molecular flexibility index (Phi) is 10.7. The minimum atomic E-state index is -4.16. The Labute approximate surface area is 253 Å². The highest BCUT2D eigenvalue weighted by molar-refractivity contribution is 7.92. The van der Waals surface area contributed by atoms with Crippen molar-refractivity contribution in [1.29, 1.82) is 0 Å². The average Bonchev–Trinajstić information content (AvgIpc) is 3.02. The Morgan fingerprint density at radius 3 is 2.02 bits per heavy atom. The van der Waals surface area contributed by atoms with Crippen LogP contribution in [-0.2, 0) is 32.6 Å². The molecule has 224 valence electrons. The van der Waals surface area contributed by atoms with Gasteiger partial charge in [0.25, 0.3) is 10.0 Å². The van der Waals surface area contributed by atoms with Crippen LogP contribution in [0.2, 0.25) is 0 Å². The van der Waals surface area contributed by atoms with Crippen LogP contribution >= 0.6 is 0 Å². The van der Waals surface area contributed by atoms with Gasteiger partial charge in [0, 0.05) is 19.5 Å². The number of aryl methyl sites for hydroxylation is 1. The number of para-hydroxylation sites is 1. The summed E-state index contributed by atoms with van der Waals surface area (Å²) in [5.74, 6) is -1.35. The topological polar surface area (TPSA) is 86.8 Å². The lowest BCUT2D eigenvalue weighted by molar-refractivity contribution is -0.140. The van der Waals surface area contributed by atoms with E-state index < -0.39 is 34.3 Å². The summed E-state index contributed by atoms with van der Waals surface area (Å²) in [7, 11) is -4.16. The molecular weight excluding hydrogens is 565 g/mol. The minimum absolute atomic E-state index is 0.0244. The van der Waals surface area contributed by atoms with E-state index in [4.69, 9.17) is 0 Å². The lowest BCUT2D eigenvalue weighted by atomic mass is 10.0. The summed E-state index contributed by atoms with van der Waals surface area (Å²) in [4.78, 5) is 29.3. The molecule has 0 saturated heterocycles. The standard InChI is InChI=1S/C34H36FN3O4S/c1-3-22-36-34(40)32(23-27-10-6-4-7-11-27)37(24-28-16-18-29(35)19-17-28)33(39)25-38(30-12-8-5-9-13-30)43(41,42)31-20-14-26(2)15-21-31/h4-21,32H,3,22-25H2,1-2H3,(H,36,40)/t32-/m0/s1. The summed E-state index contributed by atoms with van der Waals surface area (Å²) in [6.07, 6.45) is 0.908. The molecule has 0 aliphatic heterocycles. The van der Waals surface area contributed by atoms with Crippen LogP contribution in [-0.4, -0.2) is 44.3 Å². The van der Waals surface area contributed by atoms with E-state index in [0.717, 1.165) is 15.4 Å². The van der Waals surface area contributed by atoms with E-state index in [1.165, 1.54) is 29.2 Å². The highest BCUT2D eigenvalue weighted by atomic mass is 32.2. The van der Waals surface area contributed by atoms with Crippen molar-refractivity contribution in [3.63, 3.8) is 0 Å². The molecule has 0 saturated carbocycles. The van der Waals surface area contributed by atoms with Gasteiger partial charge in [-0.1, -0.05) is 85.3 Å². The van der Waals surface area contributed by atoms with Crippen LogP contribution in [0.3, 0.4) is 0 Å². The van der Waals surface area contributed by atoms with Crippen LogP contribution in [0.15, 0.2) is 114 Å². The second-order valence-corrected chi connectivity index (χ2v) is 12.2. The first kappa shape index (κ1) is 31.4. The van der Waals surface area contributed by atoms with Crippen LogP contribution in [0.4, 0.5) is 10.1 Å². The van der Waals surface area contributed by atoms with Crippen molar-refractivity contribution in [2.75, 3.05) is 17.4 Å². The van der Waals surface area contributed by atoms with E-state index in [1.807, 2.05) is 44.2 Å². The van der Waals surface area contributed by atoms with Crippen molar-refractivity contribution in [2.45, 2.75) is 44.2 Å². The quantitative estimate of drug-likeness (QED) is 0.219. The fourth-order valence-corrected chi connectivity index (χ4v) is 6.08. The zero-order valence-electron chi connectivity index (χ0n) is 24.3. The number of anilines is 1. The molecule has 1 atom stereocenters. The molecule has 0 heterocycles. The van der Waals surface area contributed by atoms with Gasteiger partial charge in [-0.25, -0.2) is 12.8 Å². The SMILES string of the molecule is CCCNC(=O)[C@H](Cc1ccccc1)N(Cc1ccc(F)cc1)C(=O)CN(c1ccccc1)S(=O)(=O)c1ccc(C)cc1. The van der Waals surface area contributed by atoms with Crippen LogP contribution in [0.1, 0.15) is 30.0 Å². The average molecular weight is 602 g/mol. The maximum atomic E-state index is 14.3. The molecule has 0 bridgehead atoms. The number of sulfonamides is 1. The van der Waals surface area contributed by atoms with Gasteiger partial charge in [0.05, 0.1) is 10.6 Å². The Balaban J connectivity index is 1.77. The number of hydrogen-bond donors (Lipinski definition) is 1. The van der Waals surface area contributed by atoms with Gasteiger partial charge in [-0.05, 0) is 60.9 Å². The maximum Gasteiger partial charge on any atom is 0.264 e. The second kappa shape index (κ2) is 14.6. The van der Waals surface area contributed by atoms with E-state index >= 15 is 0 Å². The van der Waals surface area contributed by atoms with Crippen LogP contribution < -0.4 is 9.62 Å². The molecule has 43 heavy (non-hydrogen) atoms. The first-order valence-corrected chi connectivity index (χ1v) is 15.6. The number of amides is 2. The molecule has 4 rings (SSSR count). The summed E-state index contributed by atoms with van der Waals surface area (Å²) in [5, 5.41) is 2.90. The summed E-state index contributed by atoms with van der Waals surface area (Å²) in [6.45, 7) is 3.64. The summed E-state index contributed by atoms with van der Waals surface area (Å²) in [6, 6.07) is 28.9. The molecule has 0 unspecified atom stereocenters. The third-order valence-corrected chi connectivity index (χ3v) is 8.81. The molecule has 4 aromatic carbocycles. The predicted molar refractivity (Wildman–Crippen MR) is 166 cm³/mol. The summed E-state index contributed by atoms with van der Waals surface area (Å²) in [5.41, 5.74) is 2.65. The summed E-state index contributed by atoms with van der Waals surface area (Å²) >= 11 is 0. The van der Waals surface area contributed by atoms with Crippen LogP contribution in [0, 0.1) is 12.7 Å². The van der Waals surface area contributed by atoms with Gasteiger partial charge in [0.1, 0.15) is 18.4 Å². The number of rotatable bonds is 13. The summed E-state index contributed by atoms with van der Waals surface area (Å²) < 4.78 is 42.8. The van der Waals surface area contributed by atoms with Crippen molar-refractivity contribution in [3.8, 4) is 0 Å². The Morgan fingerprint density at radius 2 is 1.42 bits per heavy atom. The van der Waals surface area contributed by atoms with Crippen LogP contribution in [0.25, 0.3) is 0 Å². The van der Waals surface area contributed by atoms with Crippen molar-refractivity contribution < 1.29 is 22.4 Å². The van der Waals surface area contributed by atoms with Gasteiger partial charge in [-0.15, -0.1) is 0 Å². The molecule has 0 spiro atoms. The van der Waals surface area contributed by atoms with Gasteiger partial charge < -0.3 is 10.2 Å². The normalized spacial score (nSPS) is 11.9. The van der Waals surface area contributed by atoms with Crippen molar-refractivity contribution in [1.82, 2.24) is 10.2 Å². The first-order valence-electron chi connectivity index (χ1n) is 14.2. The number of carbonyl (C=O) groups excluding carboxylic acids is 2. The lowest BCUT2D eigenvalue weighted by Gasteiger charge is -2.34. The number of halogens is 1. The minimum Gasteiger partial charge on any atom is -0.354 e. The molecule has 1 N–H and O–H groups in total. The van der Waals surface area contributed by atoms with Crippen molar-refractivity contribution in [3.05, 3.63) is 132 Å². The molecule has 4 aromatic rings. The highest BCUT2D eigenvalue weighted by Crippen LogP contribution is 2.25. The molecule has 7 nitrogen and oxygen atoms in total. The number of carbonyl (C=O) groups is 2. The molecule has 0 aliphatic rings. The second-order valence-electron chi connectivity index (χ2n) is 10.3. The van der Waals surface area contributed by atoms with Gasteiger partial charge in [0.2, 0.25) is 11.8 Å². The van der Waals surface area contributed by atoms with Crippen LogP contribution in [0.5, 0.6) is 0 Å². The Morgan fingerprint density at radius 1 is 0.814 bits per heavy atom. The molecule has 2 amide bonds. The fourth-order valence-electron chi connectivity index (χ4n) is 4.67. The van der Waals surface area contributed by atoms with E-state index in [9.17, 15) is 22.4 Å². The molecule has 0 fully saturated rings. The molecule has 0 aliphatic carbocycles. The Bertz CT molecular complexity index is 1600. The van der Waals surface area contributed by atoms with Crippen molar-refractivity contribution in [2.24, 2.45) is 0 Å². The van der Waals surface area contributed by atoms with Gasteiger partial charge in [-0.2, -0.15) is 0 Å². The fraction of sp³-hybridized carbons (Fsp3) is 0.235. The maximum absolute atomic E-state index is 14.3. The molecule has 0 radical (unpaired) electrons. The largest absolute Gasteiger partial charge is 0.354 e.